The molecular weight excluding hydrogens is 668 g/mol. The van der Waals surface area contributed by atoms with Crippen LogP contribution in [0.4, 0.5) is 17.3 Å². The number of hydrogen-bond acceptors (Lipinski definition) is 0. The Hall–Kier alpha value is -0.0322. The van der Waals surface area contributed by atoms with Crippen LogP contribution in [0.1, 0.15) is 81.1 Å². The molecule has 3 rings (SSSR count). The zero-order valence-corrected chi connectivity index (χ0v) is 29.3. The topological polar surface area (TPSA) is 0 Å². The first-order valence-electron chi connectivity index (χ1n) is 13.4. The molecule has 0 nitrogen and oxygen atoms in total. The standard InChI is InChI=1S/2C11H18P.C8H12.BF4.Fe.Rh/c2*1-9(2)12(10(3)4)11-7-5-6-8-11;1-2-4-6-8-7-5-3-1;2-1(3,4)5;;/h2*5-10H,1-4H3;1-2,7-8H,3-6H2;;;/q2*-1;;-1;+2;/b;;2-1-,8-7-;;;. The molecule has 2 aromatic carbocycles. The normalized spacial score (nSPS) is 14.6. The Bertz CT molecular complexity index is 736. The molecule has 0 bridgehead atoms. The molecule has 227 valence electrons. The zero-order valence-electron chi connectivity index (χ0n) is 24.7. The molecule has 39 heavy (non-hydrogen) atoms. The van der Waals surface area contributed by atoms with Gasteiger partial charge in [0.05, 0.1) is 0 Å². The largest absolute Gasteiger partial charge is 2.00 e. The summed E-state index contributed by atoms with van der Waals surface area (Å²) in [7, 11) is -5.87. The maximum Gasteiger partial charge on any atom is 2.00 e. The van der Waals surface area contributed by atoms with Crippen molar-refractivity contribution in [3.05, 3.63) is 72.8 Å². The van der Waals surface area contributed by atoms with Gasteiger partial charge in [0.15, 0.2) is 0 Å². The summed E-state index contributed by atoms with van der Waals surface area (Å²) in [4.78, 5) is 0. The monoisotopic (exact) mass is 716 g/mol. The van der Waals surface area contributed by atoms with E-state index in [4.69, 9.17) is 0 Å². The van der Waals surface area contributed by atoms with Gasteiger partial charge in [-0.2, -0.15) is 47.0 Å². The summed E-state index contributed by atoms with van der Waals surface area (Å²) in [5, 5.41) is 3.13. The van der Waals surface area contributed by atoms with Crippen molar-refractivity contribution < 1.29 is 53.8 Å². The van der Waals surface area contributed by atoms with Gasteiger partial charge >= 0.3 is 24.3 Å². The first-order valence-corrected chi connectivity index (χ1v) is 16.4. The van der Waals surface area contributed by atoms with Crippen LogP contribution in [0.5, 0.6) is 0 Å². The Labute approximate surface area is 262 Å². The second-order valence-corrected chi connectivity index (χ2v) is 16.9. The molecule has 1 aliphatic rings. The van der Waals surface area contributed by atoms with Gasteiger partial charge in [-0.1, -0.05) is 79.7 Å². The van der Waals surface area contributed by atoms with Crippen molar-refractivity contribution in [3.63, 3.8) is 0 Å². The Balaban J connectivity index is -0.000000455. The Morgan fingerprint density at radius 2 is 0.821 bits per heavy atom. The fourth-order valence-corrected chi connectivity index (χ4v) is 10.1. The maximum absolute atomic E-state index is 9.75. The van der Waals surface area contributed by atoms with Crippen LogP contribution in [0.15, 0.2) is 72.8 Å². The van der Waals surface area contributed by atoms with Crippen molar-refractivity contribution in [1.82, 2.24) is 0 Å². The molecule has 1 aliphatic carbocycles. The number of allylic oxidation sites excluding steroid dienone is 4. The van der Waals surface area contributed by atoms with E-state index in [9.17, 15) is 17.3 Å². The zero-order chi connectivity index (χ0) is 28.4. The van der Waals surface area contributed by atoms with Gasteiger partial charge < -0.3 is 17.3 Å². The minimum absolute atomic E-state index is 0. The predicted molar refractivity (Wildman–Crippen MR) is 165 cm³/mol. The summed E-state index contributed by atoms with van der Waals surface area (Å²) in [5.74, 6) is 0. The van der Waals surface area contributed by atoms with E-state index in [0.717, 1.165) is 22.6 Å². The molecule has 1 radical (unpaired) electrons. The summed E-state index contributed by atoms with van der Waals surface area (Å²) in [6, 6.07) is 17.7. The third-order valence-electron chi connectivity index (χ3n) is 5.45. The van der Waals surface area contributed by atoms with E-state index in [-0.39, 0.29) is 52.4 Å². The van der Waals surface area contributed by atoms with Crippen LogP contribution < -0.4 is 10.6 Å². The van der Waals surface area contributed by atoms with E-state index >= 15 is 0 Å². The molecule has 0 spiro atoms. The third-order valence-corrected chi connectivity index (χ3v) is 11.7. The van der Waals surface area contributed by atoms with Crippen LogP contribution in [-0.2, 0) is 36.5 Å². The Morgan fingerprint density at radius 3 is 0.974 bits per heavy atom. The van der Waals surface area contributed by atoms with E-state index in [1.165, 1.54) is 25.7 Å². The van der Waals surface area contributed by atoms with Crippen molar-refractivity contribution in [2.45, 2.75) is 104 Å². The molecule has 0 atom stereocenters. The average molecular weight is 716 g/mol. The van der Waals surface area contributed by atoms with Crippen LogP contribution in [0, 0.1) is 0 Å². The first-order chi connectivity index (χ1) is 17.3. The number of rotatable bonds is 6. The second kappa shape index (κ2) is 24.6. The van der Waals surface area contributed by atoms with Gasteiger partial charge in [-0.15, -0.1) is 15.8 Å². The Kier molecular flexibility index (Phi) is 27.3. The van der Waals surface area contributed by atoms with Gasteiger partial charge in [0.1, 0.15) is 0 Å². The summed E-state index contributed by atoms with van der Waals surface area (Å²) in [6.45, 7) is 18.7. The van der Waals surface area contributed by atoms with Crippen molar-refractivity contribution in [2.75, 3.05) is 0 Å². The SMILES string of the molecule is C1=C\CC/C=C\CC/1.CC(C)P(c1cc[cH-]c1)C(C)C.CC(C)P(c1cc[cH-]c1)C(C)C.F[B-](F)(F)F.[Fe+2].[Rh]. The molecular formula is C30H48BF4FeP2Rh-. The molecule has 0 heterocycles. The summed E-state index contributed by atoms with van der Waals surface area (Å²) in [5.41, 5.74) is 3.23. The summed E-state index contributed by atoms with van der Waals surface area (Å²) >= 11 is 0. The predicted octanol–water partition coefficient (Wildman–Crippen LogP) is 10.6. The molecule has 0 N–H and O–H groups in total. The van der Waals surface area contributed by atoms with Crippen LogP contribution in [0.3, 0.4) is 0 Å². The van der Waals surface area contributed by atoms with Crippen LogP contribution in [-0.4, -0.2) is 29.9 Å². The van der Waals surface area contributed by atoms with Crippen LogP contribution in [0.2, 0.25) is 0 Å². The van der Waals surface area contributed by atoms with Crippen molar-refractivity contribution in [1.29, 1.82) is 0 Å². The fraction of sp³-hybridized carbons (Fsp3) is 0.533. The molecule has 0 unspecified atom stereocenters. The van der Waals surface area contributed by atoms with Gasteiger partial charge in [-0.05, 0) is 48.3 Å². The molecule has 0 aromatic heterocycles. The van der Waals surface area contributed by atoms with Gasteiger partial charge in [-0.25, -0.2) is 12.1 Å². The third kappa shape index (κ3) is 23.2. The van der Waals surface area contributed by atoms with E-state index < -0.39 is 7.25 Å². The number of hydrogen-bond donors (Lipinski definition) is 0. The molecule has 0 fully saturated rings. The maximum atomic E-state index is 9.75. The quantitative estimate of drug-likeness (QED) is 0.0918. The molecule has 2 aromatic rings. The van der Waals surface area contributed by atoms with Crippen molar-refractivity contribution >= 4 is 33.7 Å². The summed E-state index contributed by atoms with van der Waals surface area (Å²) < 4.78 is 39.0. The van der Waals surface area contributed by atoms with Crippen LogP contribution in [0.25, 0.3) is 0 Å². The minimum Gasteiger partial charge on any atom is -0.418 e. The van der Waals surface area contributed by atoms with Gasteiger partial charge in [0.25, 0.3) is 0 Å². The molecule has 0 saturated heterocycles. The summed E-state index contributed by atoms with van der Waals surface area (Å²) in [6.07, 6.45) is 14.0. The van der Waals surface area contributed by atoms with E-state index in [2.05, 4.69) is 128 Å². The fourth-order valence-electron chi connectivity index (χ4n) is 4.31. The Morgan fingerprint density at radius 1 is 0.590 bits per heavy atom. The average Bonchev–Trinajstić information content (AvgIpc) is 3.41. The van der Waals surface area contributed by atoms with Gasteiger partial charge in [-0.3, -0.25) is 0 Å². The van der Waals surface area contributed by atoms with E-state index in [1.54, 1.807) is 10.6 Å². The van der Waals surface area contributed by atoms with Crippen molar-refractivity contribution in [3.8, 4) is 0 Å². The second-order valence-electron chi connectivity index (χ2n) is 10.1. The number of halogens is 4. The van der Waals surface area contributed by atoms with Crippen molar-refractivity contribution in [2.24, 2.45) is 0 Å². The first kappa shape index (κ1) is 43.4. The van der Waals surface area contributed by atoms with E-state index in [0.29, 0.717) is 0 Å². The van der Waals surface area contributed by atoms with E-state index in [1.807, 2.05) is 0 Å². The molecule has 0 saturated carbocycles. The van der Waals surface area contributed by atoms with Gasteiger partial charge in [0, 0.05) is 19.5 Å². The van der Waals surface area contributed by atoms with Crippen LogP contribution >= 0.6 is 15.8 Å². The molecule has 0 amide bonds. The molecule has 9 heteroatoms. The smallest absolute Gasteiger partial charge is 0.418 e. The minimum atomic E-state index is -6.00. The molecule has 0 aliphatic heterocycles. The van der Waals surface area contributed by atoms with Gasteiger partial charge in [0.2, 0.25) is 0 Å².